The Balaban J connectivity index is 2.08. The zero-order valence-corrected chi connectivity index (χ0v) is 12.1. The van der Waals surface area contributed by atoms with E-state index in [-0.39, 0.29) is 0 Å². The summed E-state index contributed by atoms with van der Waals surface area (Å²) in [4.78, 5) is 0. The summed E-state index contributed by atoms with van der Waals surface area (Å²) in [5.41, 5.74) is 6.73. The Morgan fingerprint density at radius 2 is 1.85 bits per heavy atom. The van der Waals surface area contributed by atoms with Crippen LogP contribution in [0.4, 0.5) is 5.69 Å². The minimum absolute atomic E-state index is 0.480. The van der Waals surface area contributed by atoms with Gasteiger partial charge in [0, 0.05) is 18.6 Å². The van der Waals surface area contributed by atoms with Crippen molar-refractivity contribution in [2.75, 3.05) is 6.54 Å². The Labute approximate surface area is 120 Å². The lowest BCUT2D eigenvalue weighted by molar-refractivity contribution is -0.426. The lowest BCUT2D eigenvalue weighted by Gasteiger charge is -2.05. The van der Waals surface area contributed by atoms with Crippen LogP contribution in [0.2, 0.25) is 0 Å². The molecule has 0 amide bonds. The predicted octanol–water partition coefficient (Wildman–Crippen LogP) is 4.76. The van der Waals surface area contributed by atoms with Gasteiger partial charge in [0.1, 0.15) is 0 Å². The molecule has 0 bridgehead atoms. The van der Waals surface area contributed by atoms with Crippen LogP contribution in [-0.4, -0.2) is 16.8 Å². The molecule has 2 aromatic rings. The van der Waals surface area contributed by atoms with E-state index in [1.54, 1.807) is 0 Å². The fourth-order valence-corrected chi connectivity index (χ4v) is 2.98. The molecule has 0 saturated heterocycles. The third-order valence-corrected chi connectivity index (χ3v) is 4.26. The summed E-state index contributed by atoms with van der Waals surface area (Å²) in [6.45, 7) is 9.25. The van der Waals surface area contributed by atoms with Crippen molar-refractivity contribution in [3.8, 4) is 11.1 Å². The smallest absolute Gasteiger partial charge is 0.196 e. The molecule has 0 radical (unpaired) electrons. The van der Waals surface area contributed by atoms with Crippen LogP contribution in [0.15, 0.2) is 61.2 Å². The maximum atomic E-state index is 3.87. The number of benzene rings is 2. The molecule has 1 aliphatic heterocycles. The normalized spacial score (nSPS) is 17.2. The van der Waals surface area contributed by atoms with Crippen molar-refractivity contribution in [1.82, 2.24) is 0 Å². The lowest BCUT2D eigenvalue weighted by atomic mass is 9.95. The largest absolute Gasteiger partial charge is 0.209 e. The first-order chi connectivity index (χ1) is 9.72. The molecule has 1 nitrogen and oxygen atoms in total. The van der Waals surface area contributed by atoms with Gasteiger partial charge in [0.15, 0.2) is 12.3 Å². The lowest BCUT2D eigenvalue weighted by Crippen LogP contribution is -2.11. The molecule has 100 valence electrons. The Morgan fingerprint density at radius 3 is 2.55 bits per heavy atom. The van der Waals surface area contributed by atoms with Crippen molar-refractivity contribution in [2.24, 2.45) is 0 Å². The molecule has 0 N–H and O–H groups in total. The van der Waals surface area contributed by atoms with E-state index in [0.717, 1.165) is 6.54 Å². The van der Waals surface area contributed by atoms with E-state index < -0.39 is 0 Å². The number of hydrogen-bond acceptors (Lipinski definition) is 0. The first kappa shape index (κ1) is 12.9. The molecule has 0 aromatic heterocycles. The fourth-order valence-electron chi connectivity index (χ4n) is 2.98. The van der Waals surface area contributed by atoms with Gasteiger partial charge >= 0.3 is 0 Å². The van der Waals surface area contributed by atoms with Crippen LogP contribution in [0, 0.1) is 0 Å². The zero-order valence-electron chi connectivity index (χ0n) is 12.1. The van der Waals surface area contributed by atoms with Crippen molar-refractivity contribution in [3.05, 3.63) is 66.7 Å². The van der Waals surface area contributed by atoms with Crippen molar-refractivity contribution in [1.29, 1.82) is 0 Å². The van der Waals surface area contributed by atoms with E-state index in [2.05, 4.69) is 73.5 Å². The van der Waals surface area contributed by atoms with E-state index >= 15 is 0 Å². The van der Waals surface area contributed by atoms with Gasteiger partial charge in [-0.3, -0.25) is 0 Å². The Bertz CT molecular complexity index is 680. The van der Waals surface area contributed by atoms with Gasteiger partial charge in [-0.25, -0.2) is 0 Å². The van der Waals surface area contributed by atoms with Crippen molar-refractivity contribution >= 4 is 11.4 Å². The van der Waals surface area contributed by atoms with Crippen LogP contribution in [0.3, 0.4) is 0 Å². The number of nitrogens with zero attached hydrogens (tertiary/aromatic N) is 1. The van der Waals surface area contributed by atoms with Gasteiger partial charge in [0.05, 0.1) is 5.92 Å². The molecule has 3 rings (SSSR count). The summed E-state index contributed by atoms with van der Waals surface area (Å²) >= 11 is 0. The van der Waals surface area contributed by atoms with Crippen molar-refractivity contribution < 1.29 is 4.58 Å². The second kappa shape index (κ2) is 5.09. The molecule has 2 aromatic carbocycles. The standard InChI is InChI=1S/C19H20N/c1-4-12-20-15(3)14(2)18-13-17(10-11-19(18)20)16-8-6-5-7-9-16/h4-11,13-14H,1,12H2,2-3H3/q+1. The van der Waals surface area contributed by atoms with Crippen molar-refractivity contribution in [3.63, 3.8) is 0 Å². The highest BCUT2D eigenvalue weighted by molar-refractivity contribution is 5.90. The third kappa shape index (κ3) is 2.00. The maximum Gasteiger partial charge on any atom is 0.209 e. The van der Waals surface area contributed by atoms with Gasteiger partial charge in [-0.15, -0.1) is 0 Å². The average molecular weight is 262 g/mol. The predicted molar refractivity (Wildman–Crippen MR) is 86.0 cm³/mol. The fraction of sp³-hybridized carbons (Fsp3) is 0.211. The van der Waals surface area contributed by atoms with Crippen molar-refractivity contribution in [2.45, 2.75) is 19.8 Å². The molecule has 1 heteroatoms. The van der Waals surface area contributed by atoms with Crippen LogP contribution in [0.25, 0.3) is 11.1 Å². The Hall–Kier alpha value is -2.15. The molecule has 0 spiro atoms. The van der Waals surface area contributed by atoms with Gasteiger partial charge in [-0.1, -0.05) is 36.9 Å². The monoisotopic (exact) mass is 262 g/mol. The minimum Gasteiger partial charge on any atom is -0.196 e. The van der Waals surface area contributed by atoms with E-state index in [9.17, 15) is 0 Å². The second-order valence-corrected chi connectivity index (χ2v) is 5.40. The molecule has 0 fully saturated rings. The molecular formula is C19H20N+. The van der Waals surface area contributed by atoms with E-state index in [4.69, 9.17) is 0 Å². The zero-order chi connectivity index (χ0) is 14.1. The highest BCUT2D eigenvalue weighted by atomic mass is 15.0. The van der Waals surface area contributed by atoms with Crippen LogP contribution >= 0.6 is 0 Å². The van der Waals surface area contributed by atoms with E-state index in [1.807, 2.05) is 6.08 Å². The molecule has 1 atom stereocenters. The molecule has 1 unspecified atom stereocenters. The topological polar surface area (TPSA) is 3.01 Å². The summed E-state index contributed by atoms with van der Waals surface area (Å²) in [7, 11) is 0. The second-order valence-electron chi connectivity index (χ2n) is 5.40. The summed E-state index contributed by atoms with van der Waals surface area (Å²) in [5.74, 6) is 0.480. The summed E-state index contributed by atoms with van der Waals surface area (Å²) in [6.07, 6.45) is 1.97. The Morgan fingerprint density at radius 1 is 1.10 bits per heavy atom. The van der Waals surface area contributed by atoms with Crippen LogP contribution in [-0.2, 0) is 0 Å². The highest BCUT2D eigenvalue weighted by Crippen LogP contribution is 2.37. The summed E-state index contributed by atoms with van der Waals surface area (Å²) in [5, 5.41) is 0. The van der Waals surface area contributed by atoms with Gasteiger partial charge < -0.3 is 0 Å². The quantitative estimate of drug-likeness (QED) is 0.554. The van der Waals surface area contributed by atoms with Gasteiger partial charge in [0.2, 0.25) is 5.69 Å². The average Bonchev–Trinajstić information content (AvgIpc) is 2.73. The number of fused-ring (bicyclic) bond motifs is 1. The summed E-state index contributed by atoms with van der Waals surface area (Å²) < 4.78 is 2.36. The van der Waals surface area contributed by atoms with E-state index in [1.165, 1.54) is 28.1 Å². The minimum atomic E-state index is 0.480. The first-order valence-electron chi connectivity index (χ1n) is 7.13. The molecule has 20 heavy (non-hydrogen) atoms. The third-order valence-electron chi connectivity index (χ3n) is 4.26. The number of hydrogen-bond donors (Lipinski definition) is 0. The maximum absolute atomic E-state index is 3.87. The molecule has 0 aliphatic carbocycles. The van der Waals surface area contributed by atoms with Gasteiger partial charge in [0.25, 0.3) is 0 Å². The molecular weight excluding hydrogens is 242 g/mol. The van der Waals surface area contributed by atoms with Crippen LogP contribution < -0.4 is 0 Å². The number of rotatable bonds is 3. The van der Waals surface area contributed by atoms with Gasteiger partial charge in [-0.05, 0) is 36.3 Å². The molecule has 0 saturated carbocycles. The Kier molecular flexibility index (Phi) is 3.27. The van der Waals surface area contributed by atoms with Crippen LogP contribution in [0.1, 0.15) is 25.3 Å². The summed E-state index contributed by atoms with van der Waals surface area (Å²) in [6, 6.07) is 17.4. The van der Waals surface area contributed by atoms with E-state index in [0.29, 0.717) is 5.92 Å². The SMILES string of the molecule is C=CC[N+]1=C(C)C(C)c2cc(-c3ccccc3)ccc21. The van der Waals surface area contributed by atoms with Gasteiger partial charge in [-0.2, -0.15) is 4.58 Å². The molecule has 1 heterocycles. The first-order valence-corrected chi connectivity index (χ1v) is 7.13. The highest BCUT2D eigenvalue weighted by Gasteiger charge is 2.32. The molecule has 1 aliphatic rings. The van der Waals surface area contributed by atoms with Crippen LogP contribution in [0.5, 0.6) is 0 Å².